The second-order valence-corrected chi connectivity index (χ2v) is 6.91. The lowest BCUT2D eigenvalue weighted by Crippen LogP contribution is -2.16. The number of sulfone groups is 1. The maximum atomic E-state index is 11.5. The number of benzene rings is 1. The van der Waals surface area contributed by atoms with E-state index in [0.29, 0.717) is 6.42 Å². The van der Waals surface area contributed by atoms with Gasteiger partial charge in [0.05, 0.1) is 11.5 Å². The Bertz CT molecular complexity index is 519. The maximum absolute atomic E-state index is 11.5. The Morgan fingerprint density at radius 1 is 1.35 bits per heavy atom. The predicted molar refractivity (Wildman–Crippen MR) is 66.7 cm³/mol. The molecule has 92 valence electrons. The van der Waals surface area contributed by atoms with E-state index < -0.39 is 9.84 Å². The van der Waals surface area contributed by atoms with Crippen LogP contribution in [0.25, 0.3) is 0 Å². The third-order valence-corrected chi connectivity index (χ3v) is 5.26. The first kappa shape index (κ1) is 12.3. The van der Waals surface area contributed by atoms with Crippen LogP contribution in [0.4, 0.5) is 0 Å². The number of aryl methyl sites for hydroxylation is 1. The topological polar surface area (TPSA) is 51.2 Å². The van der Waals surface area contributed by atoms with Gasteiger partial charge < -0.3 is 4.79 Å². The Labute approximate surface area is 102 Å². The van der Waals surface area contributed by atoms with Crippen LogP contribution in [-0.2, 0) is 14.6 Å². The minimum Gasteiger partial charge on any atom is -0.303 e. The molecule has 1 aromatic carbocycles. The van der Waals surface area contributed by atoms with E-state index >= 15 is 0 Å². The Kier molecular flexibility index (Phi) is 3.33. The van der Waals surface area contributed by atoms with Crippen molar-refractivity contribution in [3.8, 4) is 0 Å². The van der Waals surface area contributed by atoms with E-state index in [2.05, 4.69) is 0 Å². The monoisotopic (exact) mass is 252 g/mol. The highest BCUT2D eigenvalue weighted by Gasteiger charge is 2.34. The zero-order valence-electron chi connectivity index (χ0n) is 9.80. The fraction of sp³-hybridized carbons (Fsp3) is 0.462. The SMILES string of the molecule is Cc1ccccc1C(C=O)C1CCS(=O)(=O)C1. The molecule has 0 amide bonds. The van der Waals surface area contributed by atoms with Gasteiger partial charge in [-0.2, -0.15) is 0 Å². The fourth-order valence-corrected chi connectivity index (χ4v) is 4.36. The van der Waals surface area contributed by atoms with E-state index in [0.717, 1.165) is 17.4 Å². The molecule has 2 unspecified atom stereocenters. The minimum absolute atomic E-state index is 0.0569. The molecule has 4 heteroatoms. The van der Waals surface area contributed by atoms with Crippen molar-refractivity contribution >= 4 is 16.1 Å². The highest BCUT2D eigenvalue weighted by molar-refractivity contribution is 7.91. The van der Waals surface area contributed by atoms with Crippen LogP contribution in [0.1, 0.15) is 23.5 Å². The summed E-state index contributed by atoms with van der Waals surface area (Å²) in [6.07, 6.45) is 1.49. The zero-order valence-corrected chi connectivity index (χ0v) is 10.6. The molecule has 1 aliphatic heterocycles. The van der Waals surface area contributed by atoms with Crippen molar-refractivity contribution in [3.05, 3.63) is 35.4 Å². The largest absolute Gasteiger partial charge is 0.303 e. The lowest BCUT2D eigenvalue weighted by Gasteiger charge is -2.18. The first-order valence-corrected chi connectivity index (χ1v) is 7.57. The van der Waals surface area contributed by atoms with Crippen LogP contribution in [-0.4, -0.2) is 26.2 Å². The Balaban J connectivity index is 2.30. The van der Waals surface area contributed by atoms with Gasteiger partial charge in [0.15, 0.2) is 9.84 Å². The van der Waals surface area contributed by atoms with E-state index in [9.17, 15) is 13.2 Å². The molecular formula is C13H16O3S. The molecule has 1 aliphatic rings. The van der Waals surface area contributed by atoms with Gasteiger partial charge in [0.25, 0.3) is 0 Å². The molecule has 0 radical (unpaired) electrons. The van der Waals surface area contributed by atoms with E-state index in [1.165, 1.54) is 0 Å². The van der Waals surface area contributed by atoms with Crippen molar-refractivity contribution in [1.29, 1.82) is 0 Å². The third-order valence-electron chi connectivity index (χ3n) is 3.47. The summed E-state index contributed by atoms with van der Waals surface area (Å²) in [5.41, 5.74) is 2.01. The number of carbonyl (C=O) groups excluding carboxylic acids is 1. The summed E-state index contributed by atoms with van der Waals surface area (Å²) in [6, 6.07) is 7.68. The summed E-state index contributed by atoms with van der Waals surface area (Å²) in [6.45, 7) is 1.95. The summed E-state index contributed by atoms with van der Waals surface area (Å²) in [4.78, 5) is 11.3. The zero-order chi connectivity index (χ0) is 12.5. The van der Waals surface area contributed by atoms with Gasteiger partial charge in [0.1, 0.15) is 6.29 Å². The minimum atomic E-state index is -2.93. The van der Waals surface area contributed by atoms with Gasteiger partial charge in [-0.3, -0.25) is 0 Å². The summed E-state index contributed by atoms with van der Waals surface area (Å²) in [7, 11) is -2.93. The molecule has 1 heterocycles. The van der Waals surface area contributed by atoms with Crippen molar-refractivity contribution in [2.45, 2.75) is 19.3 Å². The second kappa shape index (κ2) is 4.61. The normalized spacial score (nSPS) is 24.4. The summed E-state index contributed by atoms with van der Waals surface area (Å²) in [5, 5.41) is 0. The average molecular weight is 252 g/mol. The third kappa shape index (κ3) is 2.57. The lowest BCUT2D eigenvalue weighted by molar-refractivity contribution is -0.109. The summed E-state index contributed by atoms with van der Waals surface area (Å²) in [5.74, 6) is 0.0191. The quantitative estimate of drug-likeness (QED) is 0.770. The summed E-state index contributed by atoms with van der Waals surface area (Å²) < 4.78 is 22.9. The van der Waals surface area contributed by atoms with Gasteiger partial charge in [0, 0.05) is 5.92 Å². The molecule has 0 spiro atoms. The van der Waals surface area contributed by atoms with Crippen LogP contribution in [0.15, 0.2) is 24.3 Å². The van der Waals surface area contributed by atoms with Crippen molar-refractivity contribution < 1.29 is 13.2 Å². The van der Waals surface area contributed by atoms with Crippen LogP contribution >= 0.6 is 0 Å². The molecule has 0 aromatic heterocycles. The molecule has 1 aromatic rings. The smallest absolute Gasteiger partial charge is 0.150 e. The molecule has 1 fully saturated rings. The highest BCUT2D eigenvalue weighted by Crippen LogP contribution is 2.33. The lowest BCUT2D eigenvalue weighted by atomic mass is 9.85. The standard InChI is InChI=1S/C13H16O3S/c1-10-4-2-3-5-12(10)13(8-14)11-6-7-17(15,16)9-11/h2-5,8,11,13H,6-7,9H2,1H3. The van der Waals surface area contributed by atoms with Crippen LogP contribution in [0.3, 0.4) is 0 Å². The number of hydrogen-bond donors (Lipinski definition) is 0. The predicted octanol–water partition coefficient (Wildman–Crippen LogP) is 1.71. The Hall–Kier alpha value is -1.16. The van der Waals surface area contributed by atoms with Gasteiger partial charge in [-0.15, -0.1) is 0 Å². The second-order valence-electron chi connectivity index (χ2n) is 4.68. The molecule has 3 nitrogen and oxygen atoms in total. The molecule has 0 N–H and O–H groups in total. The highest BCUT2D eigenvalue weighted by atomic mass is 32.2. The van der Waals surface area contributed by atoms with Crippen molar-refractivity contribution in [1.82, 2.24) is 0 Å². The molecule has 17 heavy (non-hydrogen) atoms. The van der Waals surface area contributed by atoms with Gasteiger partial charge >= 0.3 is 0 Å². The van der Waals surface area contributed by atoms with E-state index in [-0.39, 0.29) is 23.3 Å². The summed E-state index contributed by atoms with van der Waals surface area (Å²) >= 11 is 0. The van der Waals surface area contributed by atoms with Crippen molar-refractivity contribution in [2.24, 2.45) is 5.92 Å². The maximum Gasteiger partial charge on any atom is 0.150 e. The number of carbonyl (C=O) groups is 1. The molecule has 1 saturated heterocycles. The Morgan fingerprint density at radius 2 is 2.06 bits per heavy atom. The van der Waals surface area contributed by atoms with Crippen LogP contribution in [0.5, 0.6) is 0 Å². The van der Waals surface area contributed by atoms with Crippen LogP contribution in [0, 0.1) is 12.8 Å². The van der Waals surface area contributed by atoms with Crippen LogP contribution in [0.2, 0.25) is 0 Å². The molecule has 2 atom stereocenters. The molecule has 0 saturated carbocycles. The molecule has 2 rings (SSSR count). The van der Waals surface area contributed by atoms with Crippen LogP contribution < -0.4 is 0 Å². The van der Waals surface area contributed by atoms with Gasteiger partial charge in [0.2, 0.25) is 0 Å². The van der Waals surface area contributed by atoms with E-state index in [4.69, 9.17) is 0 Å². The van der Waals surface area contributed by atoms with Gasteiger partial charge in [-0.25, -0.2) is 8.42 Å². The molecular weight excluding hydrogens is 236 g/mol. The first-order valence-electron chi connectivity index (χ1n) is 5.75. The van der Waals surface area contributed by atoms with Crippen molar-refractivity contribution in [3.63, 3.8) is 0 Å². The molecule has 0 bridgehead atoms. The molecule has 0 aliphatic carbocycles. The van der Waals surface area contributed by atoms with Gasteiger partial charge in [-0.1, -0.05) is 24.3 Å². The first-order chi connectivity index (χ1) is 8.03. The number of hydrogen-bond acceptors (Lipinski definition) is 3. The number of aldehydes is 1. The number of rotatable bonds is 3. The fourth-order valence-electron chi connectivity index (χ4n) is 2.51. The average Bonchev–Trinajstić information content (AvgIpc) is 2.63. The van der Waals surface area contributed by atoms with Crippen molar-refractivity contribution in [2.75, 3.05) is 11.5 Å². The van der Waals surface area contributed by atoms with Gasteiger partial charge in [-0.05, 0) is 30.4 Å². The van der Waals surface area contributed by atoms with E-state index in [1.807, 2.05) is 31.2 Å². The van der Waals surface area contributed by atoms with E-state index in [1.54, 1.807) is 0 Å². The Morgan fingerprint density at radius 3 is 2.59 bits per heavy atom.